The van der Waals surface area contributed by atoms with Gasteiger partial charge in [0.2, 0.25) is 0 Å². The van der Waals surface area contributed by atoms with E-state index in [1.165, 1.54) is 13.0 Å². The Balaban J connectivity index is 2.13. The topological polar surface area (TPSA) is 71.5 Å². The van der Waals surface area contributed by atoms with Crippen LogP contribution in [0.5, 0.6) is 0 Å². The second-order valence-electron chi connectivity index (χ2n) is 4.86. The lowest BCUT2D eigenvalue weighted by atomic mass is 9.85. The molecule has 1 aromatic heterocycles. The van der Waals surface area contributed by atoms with E-state index in [0.29, 0.717) is 6.20 Å². The molecule has 1 saturated heterocycles. The Morgan fingerprint density at radius 2 is 2.25 bits per heavy atom. The van der Waals surface area contributed by atoms with E-state index >= 15 is 0 Å². The molecule has 1 aromatic rings. The van der Waals surface area contributed by atoms with Crippen molar-refractivity contribution in [3.8, 4) is 0 Å². The van der Waals surface area contributed by atoms with Crippen LogP contribution in [0.2, 0.25) is 0 Å². The Hall–Kier alpha value is -1.83. The first-order valence-corrected chi connectivity index (χ1v) is 5.84. The first kappa shape index (κ1) is 14.6. The molecule has 2 atom stereocenters. The maximum Gasteiger partial charge on any atom is 0.417 e. The Morgan fingerprint density at radius 3 is 2.75 bits per heavy atom. The number of hydrogen-bond acceptors (Lipinski definition) is 4. The van der Waals surface area contributed by atoms with Gasteiger partial charge in [0.25, 0.3) is 0 Å². The van der Waals surface area contributed by atoms with Crippen LogP contribution in [0, 0.1) is 5.41 Å². The molecule has 5 nitrogen and oxygen atoms in total. The number of hydrogen-bond donors (Lipinski definition) is 2. The summed E-state index contributed by atoms with van der Waals surface area (Å²) in [4.78, 5) is 14.9. The molecule has 1 aliphatic rings. The summed E-state index contributed by atoms with van der Waals surface area (Å²) in [6, 6.07) is 1.51. The molecule has 20 heavy (non-hydrogen) atoms. The number of alkyl halides is 3. The van der Waals surface area contributed by atoms with Crippen molar-refractivity contribution in [2.24, 2.45) is 5.41 Å². The summed E-state index contributed by atoms with van der Waals surface area (Å²) in [5, 5.41) is 12.0. The molecular formula is C12H13F3N2O3. The number of pyridine rings is 1. The minimum atomic E-state index is -4.45. The predicted octanol–water partition coefficient (Wildman–Crippen LogP) is 2.00. The van der Waals surface area contributed by atoms with Gasteiger partial charge in [-0.2, -0.15) is 13.2 Å². The fourth-order valence-electron chi connectivity index (χ4n) is 1.91. The van der Waals surface area contributed by atoms with Gasteiger partial charge in [-0.3, -0.25) is 4.79 Å². The first-order valence-electron chi connectivity index (χ1n) is 5.84. The molecule has 2 heterocycles. The van der Waals surface area contributed by atoms with Crippen molar-refractivity contribution in [2.45, 2.75) is 19.1 Å². The number of rotatable bonds is 3. The highest BCUT2D eigenvalue weighted by Gasteiger charge is 2.46. The van der Waals surface area contributed by atoms with Crippen LogP contribution >= 0.6 is 0 Å². The number of nitrogens with zero attached hydrogens (tertiary/aromatic N) is 1. The monoisotopic (exact) mass is 290 g/mol. The molecule has 0 saturated carbocycles. The normalized spacial score (nSPS) is 26.5. The molecule has 2 rings (SSSR count). The zero-order valence-corrected chi connectivity index (χ0v) is 10.6. The van der Waals surface area contributed by atoms with Gasteiger partial charge in [-0.15, -0.1) is 0 Å². The minimum absolute atomic E-state index is 0.0423. The number of carboxylic acids is 1. The molecular weight excluding hydrogens is 277 g/mol. The number of halogens is 3. The van der Waals surface area contributed by atoms with Gasteiger partial charge < -0.3 is 15.2 Å². The van der Waals surface area contributed by atoms with Crippen molar-refractivity contribution in [2.75, 3.05) is 18.5 Å². The summed E-state index contributed by atoms with van der Waals surface area (Å²) < 4.78 is 42.3. The van der Waals surface area contributed by atoms with Gasteiger partial charge in [-0.05, 0) is 19.1 Å². The van der Waals surface area contributed by atoms with Crippen LogP contribution in [0.15, 0.2) is 18.3 Å². The maximum atomic E-state index is 12.4. The Labute approximate surface area is 112 Å². The average Bonchev–Trinajstić information content (AvgIpc) is 2.72. The SMILES string of the molecule is CC1(C(=O)O)COCC1Nc1ccc(C(F)(F)F)cn1. The van der Waals surface area contributed by atoms with Crippen LogP contribution < -0.4 is 5.32 Å². The lowest BCUT2D eigenvalue weighted by molar-refractivity contribution is -0.148. The Kier molecular flexibility index (Phi) is 3.59. The second-order valence-corrected chi connectivity index (χ2v) is 4.86. The third kappa shape index (κ3) is 2.69. The van der Waals surface area contributed by atoms with Crippen molar-refractivity contribution < 1.29 is 27.8 Å². The first-order chi connectivity index (χ1) is 9.23. The highest BCUT2D eigenvalue weighted by molar-refractivity contribution is 5.76. The van der Waals surface area contributed by atoms with Gasteiger partial charge in [-0.1, -0.05) is 0 Å². The van der Waals surface area contributed by atoms with E-state index in [-0.39, 0.29) is 19.0 Å². The number of nitrogens with one attached hydrogen (secondary N) is 1. The van der Waals surface area contributed by atoms with E-state index in [1.807, 2.05) is 0 Å². The van der Waals surface area contributed by atoms with Gasteiger partial charge in [0.1, 0.15) is 11.2 Å². The van der Waals surface area contributed by atoms with Crippen molar-refractivity contribution in [1.82, 2.24) is 4.98 Å². The summed E-state index contributed by atoms with van der Waals surface area (Å²) in [5.74, 6) is -0.847. The third-order valence-corrected chi connectivity index (χ3v) is 3.36. The molecule has 1 aliphatic heterocycles. The zero-order chi connectivity index (χ0) is 15.0. The lowest BCUT2D eigenvalue weighted by Crippen LogP contribution is -2.43. The summed E-state index contributed by atoms with van der Waals surface area (Å²) in [6.45, 7) is 1.72. The number of carbonyl (C=O) groups is 1. The van der Waals surface area contributed by atoms with E-state index in [4.69, 9.17) is 4.74 Å². The molecule has 0 spiro atoms. The quantitative estimate of drug-likeness (QED) is 0.891. The van der Waals surface area contributed by atoms with Gasteiger partial charge in [-0.25, -0.2) is 4.98 Å². The van der Waals surface area contributed by atoms with Crippen LogP contribution in [0.1, 0.15) is 12.5 Å². The van der Waals surface area contributed by atoms with E-state index in [2.05, 4.69) is 10.3 Å². The number of ether oxygens (including phenoxy) is 1. The van der Waals surface area contributed by atoms with Gasteiger partial charge in [0.05, 0.1) is 24.8 Å². The lowest BCUT2D eigenvalue weighted by Gasteiger charge is -2.25. The Morgan fingerprint density at radius 1 is 1.55 bits per heavy atom. The fourth-order valence-corrected chi connectivity index (χ4v) is 1.91. The molecule has 2 N–H and O–H groups in total. The number of aromatic nitrogens is 1. The van der Waals surface area contributed by atoms with Crippen molar-refractivity contribution in [1.29, 1.82) is 0 Å². The summed E-state index contributed by atoms with van der Waals surface area (Å²) in [6.07, 6.45) is -3.74. The zero-order valence-electron chi connectivity index (χ0n) is 10.6. The van der Waals surface area contributed by atoms with Crippen LogP contribution in [-0.2, 0) is 15.7 Å². The Bertz CT molecular complexity index is 504. The molecule has 0 aliphatic carbocycles. The van der Waals surface area contributed by atoms with Crippen LogP contribution in [0.4, 0.5) is 19.0 Å². The number of anilines is 1. The average molecular weight is 290 g/mol. The van der Waals surface area contributed by atoms with Gasteiger partial charge >= 0.3 is 12.1 Å². The molecule has 110 valence electrons. The molecule has 2 unspecified atom stereocenters. The molecule has 1 fully saturated rings. The standard InChI is InChI=1S/C12H13F3N2O3/c1-11(10(18)19)6-20-5-8(11)17-9-3-2-7(4-16-9)12(13,14)15/h2-4,8H,5-6H2,1H3,(H,16,17)(H,18,19). The minimum Gasteiger partial charge on any atom is -0.481 e. The predicted molar refractivity (Wildman–Crippen MR) is 63.2 cm³/mol. The smallest absolute Gasteiger partial charge is 0.417 e. The largest absolute Gasteiger partial charge is 0.481 e. The van der Waals surface area contributed by atoms with Crippen molar-refractivity contribution in [3.05, 3.63) is 23.9 Å². The number of carboxylic acid groups (broad SMARTS) is 1. The summed E-state index contributed by atoms with van der Waals surface area (Å²) in [7, 11) is 0. The molecule has 0 amide bonds. The van der Waals surface area contributed by atoms with Gasteiger partial charge in [0.15, 0.2) is 0 Å². The molecule has 8 heteroatoms. The summed E-state index contributed by atoms with van der Waals surface area (Å²) in [5.41, 5.74) is -1.99. The summed E-state index contributed by atoms with van der Waals surface area (Å²) >= 11 is 0. The van der Waals surface area contributed by atoms with E-state index in [1.54, 1.807) is 0 Å². The van der Waals surface area contributed by atoms with Crippen molar-refractivity contribution in [3.63, 3.8) is 0 Å². The van der Waals surface area contributed by atoms with Crippen molar-refractivity contribution >= 4 is 11.8 Å². The highest BCUT2D eigenvalue weighted by atomic mass is 19.4. The highest BCUT2D eigenvalue weighted by Crippen LogP contribution is 2.32. The molecule has 0 aromatic carbocycles. The third-order valence-electron chi connectivity index (χ3n) is 3.36. The van der Waals surface area contributed by atoms with E-state index in [0.717, 1.165) is 6.07 Å². The molecule has 0 radical (unpaired) electrons. The van der Waals surface area contributed by atoms with E-state index in [9.17, 15) is 23.1 Å². The number of aliphatic carboxylic acids is 1. The maximum absolute atomic E-state index is 12.4. The van der Waals surface area contributed by atoms with Crippen LogP contribution in [-0.4, -0.2) is 35.3 Å². The fraction of sp³-hybridized carbons (Fsp3) is 0.500. The van der Waals surface area contributed by atoms with Crippen LogP contribution in [0.3, 0.4) is 0 Å². The molecule has 0 bridgehead atoms. The van der Waals surface area contributed by atoms with Crippen LogP contribution in [0.25, 0.3) is 0 Å². The van der Waals surface area contributed by atoms with Gasteiger partial charge in [0, 0.05) is 6.20 Å². The van der Waals surface area contributed by atoms with E-state index < -0.39 is 29.2 Å². The second kappa shape index (κ2) is 4.93.